The Bertz CT molecular complexity index is 941. The second-order valence-electron chi connectivity index (χ2n) is 7.42. The van der Waals surface area contributed by atoms with Gasteiger partial charge in [0.15, 0.2) is 0 Å². The lowest BCUT2D eigenvalue weighted by atomic mass is 10.1. The van der Waals surface area contributed by atoms with Crippen LogP contribution in [0.5, 0.6) is 0 Å². The average Bonchev–Trinajstić information content (AvgIpc) is 3.55. The number of carbonyl (C=O) groups is 3. The van der Waals surface area contributed by atoms with E-state index in [1.165, 1.54) is 17.0 Å². The molecular weight excluding hydrogens is 373 g/mol. The summed E-state index contributed by atoms with van der Waals surface area (Å²) in [6.45, 7) is 0.360. The molecule has 2 aromatic carbocycles. The molecule has 29 heavy (non-hydrogen) atoms. The number of carbonyl (C=O) groups excluding carboxylic acids is 3. The monoisotopic (exact) mass is 395 g/mol. The van der Waals surface area contributed by atoms with Crippen molar-refractivity contribution < 1.29 is 18.8 Å². The SMILES string of the molecule is O=C1CN(C(=O)CCC(=O)N(Cc2ccc(F)cc2)C2CC2)c2ccccc2N1. The Balaban J connectivity index is 1.40. The Labute approximate surface area is 168 Å². The van der Waals surface area contributed by atoms with Gasteiger partial charge in [-0.3, -0.25) is 14.4 Å². The first-order chi connectivity index (χ1) is 14.0. The number of amides is 3. The number of hydrogen-bond donors (Lipinski definition) is 1. The lowest BCUT2D eigenvalue weighted by Gasteiger charge is -2.29. The molecule has 0 radical (unpaired) electrons. The fourth-order valence-corrected chi connectivity index (χ4v) is 3.54. The summed E-state index contributed by atoms with van der Waals surface area (Å²) in [6.07, 6.45) is 2.00. The molecule has 4 rings (SSSR count). The largest absolute Gasteiger partial charge is 0.335 e. The molecular formula is C22H22FN3O3. The van der Waals surface area contributed by atoms with Gasteiger partial charge in [-0.25, -0.2) is 4.39 Å². The van der Waals surface area contributed by atoms with Crippen molar-refractivity contribution in [3.8, 4) is 0 Å². The van der Waals surface area contributed by atoms with Crippen molar-refractivity contribution in [2.75, 3.05) is 16.8 Å². The van der Waals surface area contributed by atoms with E-state index in [4.69, 9.17) is 0 Å². The third-order valence-electron chi connectivity index (χ3n) is 5.20. The molecule has 1 saturated carbocycles. The molecule has 1 fully saturated rings. The summed E-state index contributed by atoms with van der Waals surface area (Å²) in [5.74, 6) is -0.910. The molecule has 150 valence electrons. The highest BCUT2D eigenvalue weighted by Crippen LogP contribution is 2.31. The minimum absolute atomic E-state index is 0.0348. The number of nitrogens with one attached hydrogen (secondary N) is 1. The van der Waals surface area contributed by atoms with Gasteiger partial charge in [0.1, 0.15) is 12.4 Å². The van der Waals surface area contributed by atoms with Gasteiger partial charge in [0.25, 0.3) is 0 Å². The fraction of sp³-hybridized carbons (Fsp3) is 0.318. The Morgan fingerprint density at radius 1 is 1.07 bits per heavy atom. The highest BCUT2D eigenvalue weighted by molar-refractivity contribution is 6.10. The standard InChI is InChI=1S/C22H22FN3O3/c23-16-7-5-15(6-8-16)13-25(17-9-10-17)21(28)11-12-22(29)26-14-20(27)24-18-3-1-2-4-19(18)26/h1-8,17H,9-14H2,(H,24,27). The van der Waals surface area contributed by atoms with Gasteiger partial charge in [-0.15, -0.1) is 0 Å². The van der Waals surface area contributed by atoms with E-state index in [2.05, 4.69) is 5.32 Å². The predicted octanol–water partition coefficient (Wildman–Crippen LogP) is 3.08. The van der Waals surface area contributed by atoms with Gasteiger partial charge in [0.05, 0.1) is 11.4 Å². The first-order valence-corrected chi connectivity index (χ1v) is 9.74. The number of fused-ring (bicyclic) bond motifs is 1. The molecule has 0 bridgehead atoms. The van der Waals surface area contributed by atoms with Crippen LogP contribution in [0.3, 0.4) is 0 Å². The molecule has 7 heteroatoms. The molecule has 3 amide bonds. The summed E-state index contributed by atoms with van der Waals surface area (Å²) < 4.78 is 13.1. The summed E-state index contributed by atoms with van der Waals surface area (Å²) in [7, 11) is 0. The van der Waals surface area contributed by atoms with E-state index in [1.807, 2.05) is 0 Å². The zero-order valence-corrected chi connectivity index (χ0v) is 15.9. The zero-order valence-electron chi connectivity index (χ0n) is 15.9. The van der Waals surface area contributed by atoms with E-state index >= 15 is 0 Å². The average molecular weight is 395 g/mol. The quantitative estimate of drug-likeness (QED) is 0.817. The highest BCUT2D eigenvalue weighted by Gasteiger charge is 2.33. The highest BCUT2D eigenvalue weighted by atomic mass is 19.1. The van der Waals surface area contributed by atoms with Crippen LogP contribution in [0.15, 0.2) is 48.5 Å². The second kappa shape index (κ2) is 8.03. The van der Waals surface area contributed by atoms with Crippen LogP contribution in [0.25, 0.3) is 0 Å². The Hall–Kier alpha value is -3.22. The predicted molar refractivity (Wildman–Crippen MR) is 107 cm³/mol. The lowest BCUT2D eigenvalue weighted by Crippen LogP contribution is -2.42. The maximum absolute atomic E-state index is 13.1. The number of anilines is 2. The number of nitrogens with zero attached hydrogens (tertiary/aromatic N) is 2. The molecule has 1 N–H and O–H groups in total. The van der Waals surface area contributed by atoms with Crippen LogP contribution >= 0.6 is 0 Å². The summed E-state index contributed by atoms with van der Waals surface area (Å²) in [4.78, 5) is 40.7. The lowest BCUT2D eigenvalue weighted by molar-refractivity contribution is -0.134. The summed E-state index contributed by atoms with van der Waals surface area (Å²) in [6, 6.07) is 13.4. The summed E-state index contributed by atoms with van der Waals surface area (Å²) in [5, 5.41) is 2.75. The van der Waals surface area contributed by atoms with Crippen molar-refractivity contribution >= 4 is 29.1 Å². The van der Waals surface area contributed by atoms with Crippen LogP contribution in [0.1, 0.15) is 31.2 Å². The molecule has 1 heterocycles. The first-order valence-electron chi connectivity index (χ1n) is 9.74. The van der Waals surface area contributed by atoms with E-state index in [0.717, 1.165) is 18.4 Å². The van der Waals surface area contributed by atoms with Crippen LogP contribution in [0.2, 0.25) is 0 Å². The van der Waals surface area contributed by atoms with Crippen molar-refractivity contribution in [2.45, 2.75) is 38.3 Å². The molecule has 6 nitrogen and oxygen atoms in total. The van der Waals surface area contributed by atoms with Gasteiger partial charge < -0.3 is 15.1 Å². The van der Waals surface area contributed by atoms with Crippen LogP contribution in [0, 0.1) is 5.82 Å². The summed E-state index contributed by atoms with van der Waals surface area (Å²) >= 11 is 0. The fourth-order valence-electron chi connectivity index (χ4n) is 3.54. The van der Waals surface area contributed by atoms with Crippen LogP contribution in [-0.4, -0.2) is 35.2 Å². The molecule has 0 spiro atoms. The Morgan fingerprint density at radius 2 is 1.79 bits per heavy atom. The molecule has 0 unspecified atom stereocenters. The van der Waals surface area contributed by atoms with Gasteiger partial charge in [-0.05, 0) is 42.7 Å². The van der Waals surface area contributed by atoms with Crippen molar-refractivity contribution in [1.82, 2.24) is 4.90 Å². The number of hydrogen-bond acceptors (Lipinski definition) is 3. The van der Waals surface area contributed by atoms with Gasteiger partial charge in [-0.2, -0.15) is 0 Å². The number of rotatable bonds is 6. The van der Waals surface area contributed by atoms with Gasteiger partial charge in [0, 0.05) is 25.4 Å². The molecule has 2 aliphatic rings. The maximum atomic E-state index is 13.1. The molecule has 1 aliphatic heterocycles. The van der Waals surface area contributed by atoms with E-state index in [0.29, 0.717) is 17.9 Å². The topological polar surface area (TPSA) is 69.7 Å². The van der Waals surface area contributed by atoms with Crippen molar-refractivity contribution in [1.29, 1.82) is 0 Å². The van der Waals surface area contributed by atoms with Crippen molar-refractivity contribution in [3.05, 3.63) is 59.9 Å². The van der Waals surface area contributed by atoms with Crippen LogP contribution in [0.4, 0.5) is 15.8 Å². The van der Waals surface area contributed by atoms with Gasteiger partial charge in [0.2, 0.25) is 17.7 Å². The van der Waals surface area contributed by atoms with Crippen LogP contribution in [-0.2, 0) is 20.9 Å². The molecule has 1 aliphatic carbocycles. The number of halogens is 1. The third-order valence-corrected chi connectivity index (χ3v) is 5.20. The molecule has 0 atom stereocenters. The number of para-hydroxylation sites is 2. The zero-order chi connectivity index (χ0) is 20.4. The Kier molecular flexibility index (Phi) is 5.29. The molecule has 2 aromatic rings. The van der Waals surface area contributed by atoms with Crippen molar-refractivity contribution in [2.24, 2.45) is 0 Å². The normalized spacial score (nSPS) is 15.5. The van der Waals surface area contributed by atoms with Gasteiger partial charge >= 0.3 is 0 Å². The molecule has 0 saturated heterocycles. The Morgan fingerprint density at radius 3 is 2.52 bits per heavy atom. The molecule has 0 aromatic heterocycles. The van der Waals surface area contributed by atoms with Gasteiger partial charge in [-0.1, -0.05) is 24.3 Å². The minimum Gasteiger partial charge on any atom is -0.335 e. The first kappa shape index (κ1) is 19.1. The van der Waals surface area contributed by atoms with E-state index in [9.17, 15) is 18.8 Å². The third kappa shape index (κ3) is 4.45. The van der Waals surface area contributed by atoms with E-state index < -0.39 is 0 Å². The second-order valence-corrected chi connectivity index (χ2v) is 7.42. The van der Waals surface area contributed by atoms with Crippen molar-refractivity contribution in [3.63, 3.8) is 0 Å². The van der Waals surface area contributed by atoms with E-state index in [-0.39, 0.29) is 49.0 Å². The number of benzene rings is 2. The van der Waals surface area contributed by atoms with E-state index in [1.54, 1.807) is 41.3 Å². The maximum Gasteiger partial charge on any atom is 0.244 e. The smallest absolute Gasteiger partial charge is 0.244 e. The van der Waals surface area contributed by atoms with Crippen LogP contribution < -0.4 is 10.2 Å². The minimum atomic E-state index is -0.311. The summed E-state index contributed by atoms with van der Waals surface area (Å²) in [5.41, 5.74) is 2.11.